The van der Waals surface area contributed by atoms with Gasteiger partial charge in [0, 0.05) is 0 Å². The second-order valence-electron chi connectivity index (χ2n) is 3.53. The molecule has 2 nitrogen and oxygen atoms in total. The average Bonchev–Trinajstić information content (AvgIpc) is 1.97. The van der Waals surface area contributed by atoms with Gasteiger partial charge in [-0.05, 0) is 18.3 Å². The second-order valence-corrected chi connectivity index (χ2v) is 3.53. The van der Waals surface area contributed by atoms with Gasteiger partial charge in [0.25, 0.3) is 0 Å². The average molecular weight is 160 g/mol. The molecule has 0 aliphatic heterocycles. The van der Waals surface area contributed by atoms with Crippen molar-refractivity contribution >= 4 is 0 Å². The van der Waals surface area contributed by atoms with Crippen LogP contribution in [0.4, 0.5) is 0 Å². The van der Waals surface area contributed by atoms with Crippen molar-refractivity contribution in [3.05, 3.63) is 0 Å². The van der Waals surface area contributed by atoms with E-state index in [1.165, 1.54) is 12.8 Å². The highest BCUT2D eigenvalue weighted by Crippen LogP contribution is 2.11. The number of hydrogen-bond acceptors (Lipinski definition) is 2. The van der Waals surface area contributed by atoms with Crippen LogP contribution in [0, 0.1) is 11.8 Å². The van der Waals surface area contributed by atoms with Crippen LogP contribution in [0.3, 0.4) is 0 Å². The Morgan fingerprint density at radius 2 is 1.73 bits per heavy atom. The molecule has 0 saturated carbocycles. The zero-order valence-corrected chi connectivity index (χ0v) is 8.09. The van der Waals surface area contributed by atoms with Crippen molar-refractivity contribution in [2.45, 2.75) is 33.6 Å². The van der Waals surface area contributed by atoms with Crippen LogP contribution in [0.25, 0.3) is 0 Å². The first-order valence-electron chi connectivity index (χ1n) is 4.32. The smallest absolute Gasteiger partial charge is 0.0847 e. The highest BCUT2D eigenvalue weighted by Gasteiger charge is 2.03. The monoisotopic (exact) mass is 160 g/mol. The molecule has 0 aromatic carbocycles. The van der Waals surface area contributed by atoms with Crippen molar-refractivity contribution in [3.63, 3.8) is 0 Å². The van der Waals surface area contributed by atoms with Gasteiger partial charge >= 0.3 is 0 Å². The zero-order valence-electron chi connectivity index (χ0n) is 8.09. The maximum atomic E-state index is 4.83. The molecular formula is C9H20O2. The Morgan fingerprint density at radius 1 is 1.09 bits per heavy atom. The number of rotatable bonds is 6. The van der Waals surface area contributed by atoms with E-state index in [0.717, 1.165) is 5.92 Å². The fraction of sp³-hybridized carbons (Fsp3) is 1.00. The maximum Gasteiger partial charge on any atom is 0.0847 e. The SMILES string of the molecule is COOCC(C)CCC(C)C. The van der Waals surface area contributed by atoms with Crippen molar-refractivity contribution in [2.24, 2.45) is 11.8 Å². The van der Waals surface area contributed by atoms with Gasteiger partial charge in [0.15, 0.2) is 0 Å². The summed E-state index contributed by atoms with van der Waals surface area (Å²) in [5, 5.41) is 0. The Hall–Kier alpha value is -0.0800. The Morgan fingerprint density at radius 3 is 2.18 bits per heavy atom. The van der Waals surface area contributed by atoms with Crippen molar-refractivity contribution < 1.29 is 9.78 Å². The molecule has 11 heavy (non-hydrogen) atoms. The minimum Gasteiger partial charge on any atom is -0.240 e. The van der Waals surface area contributed by atoms with Crippen molar-refractivity contribution in [1.29, 1.82) is 0 Å². The van der Waals surface area contributed by atoms with E-state index >= 15 is 0 Å². The molecule has 0 spiro atoms. The molecule has 0 aromatic rings. The summed E-state index contributed by atoms with van der Waals surface area (Å²) in [6, 6.07) is 0. The standard InChI is InChI=1S/C9H20O2/c1-8(2)5-6-9(3)7-11-10-4/h8-9H,5-7H2,1-4H3. The molecule has 0 fully saturated rings. The molecule has 0 N–H and O–H groups in total. The lowest BCUT2D eigenvalue weighted by Crippen LogP contribution is -2.06. The summed E-state index contributed by atoms with van der Waals surface area (Å²) in [6.45, 7) is 7.37. The third kappa shape index (κ3) is 7.82. The second kappa shape index (κ2) is 6.62. The molecule has 0 rings (SSSR count). The molecule has 0 amide bonds. The lowest BCUT2D eigenvalue weighted by Gasteiger charge is -2.11. The molecule has 0 aliphatic carbocycles. The van der Waals surface area contributed by atoms with Gasteiger partial charge in [-0.3, -0.25) is 0 Å². The van der Waals surface area contributed by atoms with E-state index in [4.69, 9.17) is 4.89 Å². The predicted molar refractivity (Wildman–Crippen MR) is 46.2 cm³/mol. The zero-order chi connectivity index (χ0) is 8.69. The third-order valence-corrected chi connectivity index (χ3v) is 1.71. The van der Waals surface area contributed by atoms with Gasteiger partial charge in [0.2, 0.25) is 0 Å². The van der Waals surface area contributed by atoms with E-state index in [2.05, 4.69) is 25.7 Å². The van der Waals surface area contributed by atoms with Crippen LogP contribution in [0.15, 0.2) is 0 Å². The first kappa shape index (κ1) is 10.9. The summed E-state index contributed by atoms with van der Waals surface area (Å²) in [6.07, 6.45) is 2.50. The molecule has 0 saturated heterocycles. The molecular weight excluding hydrogens is 140 g/mol. The summed E-state index contributed by atoms with van der Waals surface area (Å²) in [5.74, 6) is 1.40. The van der Waals surface area contributed by atoms with Crippen LogP contribution < -0.4 is 0 Å². The summed E-state index contributed by atoms with van der Waals surface area (Å²) in [4.78, 5) is 9.35. The van der Waals surface area contributed by atoms with E-state index in [-0.39, 0.29) is 0 Å². The first-order valence-corrected chi connectivity index (χ1v) is 4.32. The molecule has 0 bridgehead atoms. The minimum absolute atomic E-state index is 0.609. The van der Waals surface area contributed by atoms with Gasteiger partial charge in [-0.2, -0.15) is 0 Å². The van der Waals surface area contributed by atoms with Crippen molar-refractivity contribution in [1.82, 2.24) is 0 Å². The van der Waals surface area contributed by atoms with E-state index in [1.807, 2.05) is 0 Å². The van der Waals surface area contributed by atoms with Crippen LogP contribution in [0.2, 0.25) is 0 Å². The van der Waals surface area contributed by atoms with E-state index in [9.17, 15) is 0 Å². The normalized spacial score (nSPS) is 13.9. The highest BCUT2D eigenvalue weighted by molar-refractivity contribution is 4.53. The molecule has 2 heteroatoms. The van der Waals surface area contributed by atoms with Crippen LogP contribution in [0.5, 0.6) is 0 Å². The van der Waals surface area contributed by atoms with Gasteiger partial charge in [0.1, 0.15) is 0 Å². The van der Waals surface area contributed by atoms with Crippen molar-refractivity contribution in [2.75, 3.05) is 13.7 Å². The molecule has 0 aromatic heterocycles. The largest absolute Gasteiger partial charge is 0.240 e. The summed E-state index contributed by atoms with van der Waals surface area (Å²) < 4.78 is 0. The maximum absolute atomic E-state index is 4.83. The van der Waals surface area contributed by atoms with Gasteiger partial charge in [-0.15, -0.1) is 0 Å². The fourth-order valence-electron chi connectivity index (χ4n) is 0.885. The van der Waals surface area contributed by atoms with Gasteiger partial charge in [0.05, 0.1) is 13.7 Å². The first-order chi connectivity index (χ1) is 5.16. The lowest BCUT2D eigenvalue weighted by atomic mass is 10.0. The molecule has 1 atom stereocenters. The molecule has 68 valence electrons. The van der Waals surface area contributed by atoms with Gasteiger partial charge in [-0.25, -0.2) is 9.78 Å². The van der Waals surface area contributed by atoms with Crippen LogP contribution >= 0.6 is 0 Å². The number of hydrogen-bond donors (Lipinski definition) is 0. The summed E-state index contributed by atoms with van der Waals surface area (Å²) in [5.41, 5.74) is 0. The Balaban J connectivity index is 3.15. The minimum atomic E-state index is 0.609. The topological polar surface area (TPSA) is 18.5 Å². The Kier molecular flexibility index (Phi) is 6.57. The summed E-state index contributed by atoms with van der Waals surface area (Å²) in [7, 11) is 1.55. The van der Waals surface area contributed by atoms with E-state index in [0.29, 0.717) is 12.5 Å². The lowest BCUT2D eigenvalue weighted by molar-refractivity contribution is -0.279. The summed E-state index contributed by atoms with van der Waals surface area (Å²) >= 11 is 0. The Bertz CT molecular complexity index is 81.6. The van der Waals surface area contributed by atoms with Crippen molar-refractivity contribution in [3.8, 4) is 0 Å². The van der Waals surface area contributed by atoms with Crippen LogP contribution in [-0.2, 0) is 9.78 Å². The van der Waals surface area contributed by atoms with Crippen LogP contribution in [0.1, 0.15) is 33.6 Å². The quantitative estimate of drug-likeness (QED) is 0.439. The molecule has 1 unspecified atom stereocenters. The van der Waals surface area contributed by atoms with Crippen LogP contribution in [-0.4, -0.2) is 13.7 Å². The fourth-order valence-corrected chi connectivity index (χ4v) is 0.885. The van der Waals surface area contributed by atoms with Gasteiger partial charge < -0.3 is 0 Å². The molecule has 0 radical (unpaired) electrons. The molecule has 0 aliphatic rings. The predicted octanol–water partition coefficient (Wildman–Crippen LogP) is 2.64. The third-order valence-electron chi connectivity index (χ3n) is 1.71. The highest BCUT2D eigenvalue weighted by atomic mass is 17.2. The van der Waals surface area contributed by atoms with Gasteiger partial charge in [-0.1, -0.05) is 27.2 Å². The Labute approximate surface area is 69.8 Å². The van der Waals surface area contributed by atoms with E-state index < -0.39 is 0 Å². The van der Waals surface area contributed by atoms with E-state index in [1.54, 1.807) is 7.11 Å². The molecule has 0 heterocycles.